The van der Waals surface area contributed by atoms with Crippen LogP contribution in [0.5, 0.6) is 0 Å². The molecule has 1 aliphatic heterocycles. The molecule has 4 aromatic rings. The summed E-state index contributed by atoms with van der Waals surface area (Å²) in [4.78, 5) is 19.2. The van der Waals surface area contributed by atoms with Gasteiger partial charge in [-0.05, 0) is 48.2 Å². The number of benzene rings is 3. The SMILES string of the molecule is NS(=O)(=O)c1cccc2cc(-c3ccc(C(=O)N4CCC(O)(c5ccccc5)CC4)cc3)cnc12. The Labute approximate surface area is 203 Å². The Balaban J connectivity index is 1.32. The van der Waals surface area contributed by atoms with Gasteiger partial charge in [-0.25, -0.2) is 13.6 Å². The predicted octanol–water partition coefficient (Wildman–Crippen LogP) is 3.67. The van der Waals surface area contributed by atoms with E-state index in [1.54, 1.807) is 35.4 Å². The molecule has 35 heavy (non-hydrogen) atoms. The third-order valence-electron chi connectivity index (χ3n) is 6.63. The number of nitrogens with two attached hydrogens (primary N) is 1. The molecule has 2 heterocycles. The van der Waals surface area contributed by atoms with E-state index in [-0.39, 0.29) is 10.8 Å². The zero-order chi connectivity index (χ0) is 24.6. The van der Waals surface area contributed by atoms with Crippen molar-refractivity contribution in [3.8, 4) is 11.1 Å². The highest BCUT2D eigenvalue weighted by Gasteiger charge is 2.35. The minimum atomic E-state index is -3.88. The largest absolute Gasteiger partial charge is 0.385 e. The van der Waals surface area contributed by atoms with Crippen molar-refractivity contribution < 1.29 is 18.3 Å². The molecule has 7 nitrogen and oxygen atoms in total. The molecule has 1 amide bonds. The van der Waals surface area contributed by atoms with E-state index in [1.165, 1.54) is 6.07 Å². The number of aliphatic hydroxyl groups is 1. The summed E-state index contributed by atoms with van der Waals surface area (Å²) in [6.07, 6.45) is 2.58. The first-order valence-electron chi connectivity index (χ1n) is 11.3. The number of nitrogens with zero attached hydrogens (tertiary/aromatic N) is 2. The van der Waals surface area contributed by atoms with Gasteiger partial charge in [-0.2, -0.15) is 0 Å². The Morgan fingerprint density at radius 2 is 1.60 bits per heavy atom. The van der Waals surface area contributed by atoms with Gasteiger partial charge in [-0.15, -0.1) is 0 Å². The van der Waals surface area contributed by atoms with Gasteiger partial charge in [-0.1, -0.05) is 54.6 Å². The summed E-state index contributed by atoms with van der Waals surface area (Å²) in [5, 5.41) is 17.0. The molecule has 1 aromatic heterocycles. The van der Waals surface area contributed by atoms with E-state index in [4.69, 9.17) is 5.14 Å². The van der Waals surface area contributed by atoms with E-state index in [0.29, 0.717) is 42.4 Å². The normalized spacial score (nSPS) is 15.8. The molecule has 0 aliphatic carbocycles. The van der Waals surface area contributed by atoms with Crippen LogP contribution in [0.25, 0.3) is 22.0 Å². The highest BCUT2D eigenvalue weighted by molar-refractivity contribution is 7.89. The van der Waals surface area contributed by atoms with Gasteiger partial charge in [-0.3, -0.25) is 9.78 Å². The number of sulfonamides is 1. The average Bonchev–Trinajstić information content (AvgIpc) is 2.88. The van der Waals surface area contributed by atoms with Crippen molar-refractivity contribution in [1.82, 2.24) is 9.88 Å². The van der Waals surface area contributed by atoms with Gasteiger partial charge in [0.2, 0.25) is 10.0 Å². The Kier molecular flexibility index (Phi) is 5.88. The summed E-state index contributed by atoms with van der Waals surface area (Å²) < 4.78 is 23.7. The van der Waals surface area contributed by atoms with Crippen LogP contribution in [0.2, 0.25) is 0 Å². The molecule has 1 aliphatic rings. The van der Waals surface area contributed by atoms with Crippen LogP contribution < -0.4 is 5.14 Å². The number of pyridine rings is 1. The monoisotopic (exact) mass is 487 g/mol. The lowest BCUT2D eigenvalue weighted by Crippen LogP contribution is -2.45. The summed E-state index contributed by atoms with van der Waals surface area (Å²) in [7, 11) is -3.88. The maximum atomic E-state index is 13.1. The number of para-hydroxylation sites is 1. The number of hydrogen-bond donors (Lipinski definition) is 2. The molecule has 0 radical (unpaired) electrons. The minimum Gasteiger partial charge on any atom is -0.385 e. The molecular formula is C27H25N3O4S. The van der Waals surface area contributed by atoms with Crippen molar-refractivity contribution in [1.29, 1.82) is 0 Å². The smallest absolute Gasteiger partial charge is 0.253 e. The maximum absolute atomic E-state index is 13.1. The summed E-state index contributed by atoms with van der Waals surface area (Å²) in [5.74, 6) is -0.0684. The van der Waals surface area contributed by atoms with Crippen molar-refractivity contribution in [3.63, 3.8) is 0 Å². The van der Waals surface area contributed by atoms with Crippen LogP contribution in [0, 0.1) is 0 Å². The molecule has 8 heteroatoms. The van der Waals surface area contributed by atoms with E-state index in [9.17, 15) is 18.3 Å². The molecule has 3 N–H and O–H groups in total. The Bertz CT molecular complexity index is 1500. The second-order valence-corrected chi connectivity index (χ2v) is 10.4. The number of piperidine rings is 1. The molecule has 178 valence electrons. The van der Waals surface area contributed by atoms with Crippen molar-refractivity contribution in [2.75, 3.05) is 13.1 Å². The number of rotatable bonds is 4. The van der Waals surface area contributed by atoms with Crippen LogP contribution in [-0.2, 0) is 15.6 Å². The molecular weight excluding hydrogens is 462 g/mol. The van der Waals surface area contributed by atoms with Gasteiger partial charge in [0.1, 0.15) is 4.90 Å². The summed E-state index contributed by atoms with van der Waals surface area (Å²) in [5.41, 5.74) is 2.53. The first kappa shape index (κ1) is 23.2. The van der Waals surface area contributed by atoms with E-state index < -0.39 is 15.6 Å². The summed E-state index contributed by atoms with van der Waals surface area (Å²) in [6.45, 7) is 0.958. The third kappa shape index (κ3) is 4.55. The van der Waals surface area contributed by atoms with Crippen molar-refractivity contribution in [2.24, 2.45) is 5.14 Å². The number of fused-ring (bicyclic) bond motifs is 1. The lowest BCUT2D eigenvalue weighted by Gasteiger charge is -2.38. The van der Waals surface area contributed by atoms with Crippen LogP contribution in [0.4, 0.5) is 0 Å². The van der Waals surface area contributed by atoms with E-state index in [1.807, 2.05) is 48.5 Å². The molecule has 3 aromatic carbocycles. The molecule has 0 atom stereocenters. The van der Waals surface area contributed by atoms with Crippen LogP contribution >= 0.6 is 0 Å². The zero-order valence-corrected chi connectivity index (χ0v) is 19.8. The van der Waals surface area contributed by atoms with Crippen LogP contribution in [-0.4, -0.2) is 42.4 Å². The molecule has 0 saturated carbocycles. The summed E-state index contributed by atoms with van der Waals surface area (Å²) >= 11 is 0. The van der Waals surface area contributed by atoms with Gasteiger partial charge >= 0.3 is 0 Å². The predicted molar refractivity (Wildman–Crippen MR) is 134 cm³/mol. The van der Waals surface area contributed by atoms with Gasteiger partial charge in [0.05, 0.1) is 11.1 Å². The standard InChI is InChI=1S/C27H25N3O4S/c28-35(33,34)24-8-4-5-21-17-22(18-29-25(21)24)19-9-11-20(12-10-19)26(31)30-15-13-27(32,14-16-30)23-6-2-1-3-7-23/h1-12,17-18,32H,13-16H2,(H2,28,33,34). The van der Waals surface area contributed by atoms with E-state index in [0.717, 1.165) is 16.7 Å². The second kappa shape index (κ2) is 8.88. The first-order valence-corrected chi connectivity index (χ1v) is 12.9. The van der Waals surface area contributed by atoms with Crippen LogP contribution in [0.15, 0.2) is 90.0 Å². The fourth-order valence-electron chi connectivity index (χ4n) is 4.62. The van der Waals surface area contributed by atoms with Gasteiger partial charge in [0.25, 0.3) is 5.91 Å². The van der Waals surface area contributed by atoms with Crippen LogP contribution in [0.3, 0.4) is 0 Å². The topological polar surface area (TPSA) is 114 Å². The van der Waals surface area contributed by atoms with Gasteiger partial charge in [0.15, 0.2) is 0 Å². The highest BCUT2D eigenvalue weighted by atomic mass is 32.2. The molecule has 1 saturated heterocycles. The highest BCUT2D eigenvalue weighted by Crippen LogP contribution is 2.33. The number of primary sulfonamides is 1. The molecule has 0 unspecified atom stereocenters. The van der Waals surface area contributed by atoms with Crippen molar-refractivity contribution in [3.05, 3.63) is 96.2 Å². The molecule has 0 bridgehead atoms. The fraction of sp³-hybridized carbons (Fsp3) is 0.185. The lowest BCUT2D eigenvalue weighted by molar-refractivity contribution is -0.0211. The fourth-order valence-corrected chi connectivity index (χ4v) is 5.33. The quantitative estimate of drug-likeness (QED) is 0.456. The first-order chi connectivity index (χ1) is 16.7. The Morgan fingerprint density at radius 1 is 0.914 bits per heavy atom. The lowest BCUT2D eigenvalue weighted by atomic mass is 9.84. The summed E-state index contributed by atoms with van der Waals surface area (Å²) in [6, 6.07) is 23.6. The van der Waals surface area contributed by atoms with Gasteiger partial charge < -0.3 is 10.0 Å². The number of carbonyl (C=O) groups excluding carboxylic acids is 1. The molecule has 0 spiro atoms. The van der Waals surface area contributed by atoms with Crippen LogP contribution in [0.1, 0.15) is 28.8 Å². The number of amides is 1. The minimum absolute atomic E-state index is 0.0109. The number of carbonyl (C=O) groups is 1. The van der Waals surface area contributed by atoms with Crippen molar-refractivity contribution >= 4 is 26.8 Å². The average molecular weight is 488 g/mol. The third-order valence-corrected chi connectivity index (χ3v) is 7.58. The molecule has 5 rings (SSSR count). The maximum Gasteiger partial charge on any atom is 0.253 e. The zero-order valence-electron chi connectivity index (χ0n) is 19.0. The van der Waals surface area contributed by atoms with E-state index in [2.05, 4.69) is 4.98 Å². The molecule has 1 fully saturated rings. The number of hydrogen-bond acceptors (Lipinski definition) is 5. The number of likely N-dealkylation sites (tertiary alicyclic amines) is 1. The van der Waals surface area contributed by atoms with E-state index >= 15 is 0 Å². The van der Waals surface area contributed by atoms with Gasteiger partial charge in [0, 0.05) is 35.8 Å². The Morgan fingerprint density at radius 3 is 2.26 bits per heavy atom. The second-order valence-electron chi connectivity index (χ2n) is 8.86. The number of aromatic nitrogens is 1. The van der Waals surface area contributed by atoms with Crippen molar-refractivity contribution in [2.45, 2.75) is 23.3 Å². The Hall–Kier alpha value is -3.59.